The molecule has 116 valence electrons. The van der Waals surface area contributed by atoms with Crippen LogP contribution < -0.4 is 10.6 Å². The molecule has 1 aromatic carbocycles. The largest absolute Gasteiger partial charge is 0.352 e. The Balaban J connectivity index is 2.79. The number of nitrogens with one attached hydrogen (secondary N) is 2. The second-order valence-electron chi connectivity index (χ2n) is 5.88. The van der Waals surface area contributed by atoms with Crippen LogP contribution in [-0.4, -0.2) is 23.9 Å². The Morgan fingerprint density at radius 3 is 2.33 bits per heavy atom. The molecule has 0 aliphatic heterocycles. The second kappa shape index (κ2) is 7.81. The highest BCUT2D eigenvalue weighted by Gasteiger charge is 2.25. The van der Waals surface area contributed by atoms with E-state index in [-0.39, 0.29) is 23.8 Å². The summed E-state index contributed by atoms with van der Waals surface area (Å²) >= 11 is 0. The van der Waals surface area contributed by atoms with Crippen LogP contribution in [-0.2, 0) is 4.79 Å². The molecule has 0 saturated carbocycles. The maximum atomic E-state index is 12.3. The Kier molecular flexibility index (Phi) is 6.40. The summed E-state index contributed by atoms with van der Waals surface area (Å²) in [6.07, 6.45) is 0.863. The van der Waals surface area contributed by atoms with Crippen molar-refractivity contribution in [2.75, 3.05) is 0 Å². The van der Waals surface area contributed by atoms with E-state index in [4.69, 9.17) is 0 Å². The third-order valence-corrected chi connectivity index (χ3v) is 3.52. The van der Waals surface area contributed by atoms with Gasteiger partial charge in [-0.05, 0) is 38.3 Å². The molecule has 4 nitrogen and oxygen atoms in total. The van der Waals surface area contributed by atoms with E-state index in [2.05, 4.69) is 10.6 Å². The van der Waals surface area contributed by atoms with E-state index in [1.807, 2.05) is 52.8 Å². The summed E-state index contributed by atoms with van der Waals surface area (Å²) in [6.45, 7) is 9.76. The molecule has 2 N–H and O–H groups in total. The van der Waals surface area contributed by atoms with Gasteiger partial charge in [0.1, 0.15) is 6.04 Å². The van der Waals surface area contributed by atoms with Crippen LogP contribution in [0.25, 0.3) is 0 Å². The van der Waals surface area contributed by atoms with E-state index in [0.717, 1.165) is 12.0 Å². The standard InChI is InChI=1S/C17H26N2O2/c1-6-13(5)18-17(21)15(11(2)3)19-16(20)14-9-7-8-12(4)10-14/h7-11,13,15H,6H2,1-5H3,(H,18,21)(H,19,20)/t13-,15-/m1/s1. The first-order chi connectivity index (χ1) is 9.85. The summed E-state index contributed by atoms with van der Waals surface area (Å²) in [6, 6.07) is 6.94. The summed E-state index contributed by atoms with van der Waals surface area (Å²) in [7, 11) is 0. The van der Waals surface area contributed by atoms with Crippen molar-refractivity contribution in [3.63, 3.8) is 0 Å². The number of carbonyl (C=O) groups excluding carboxylic acids is 2. The van der Waals surface area contributed by atoms with Gasteiger partial charge in [0.05, 0.1) is 0 Å². The first-order valence-electron chi connectivity index (χ1n) is 7.53. The van der Waals surface area contributed by atoms with Crippen LogP contribution >= 0.6 is 0 Å². The smallest absolute Gasteiger partial charge is 0.251 e. The first kappa shape index (κ1) is 17.2. The van der Waals surface area contributed by atoms with Crippen LogP contribution in [0.1, 0.15) is 50.0 Å². The molecule has 0 radical (unpaired) electrons. The van der Waals surface area contributed by atoms with Crippen LogP contribution in [0.15, 0.2) is 24.3 Å². The van der Waals surface area contributed by atoms with Crippen LogP contribution in [0.2, 0.25) is 0 Å². The minimum Gasteiger partial charge on any atom is -0.352 e. The van der Waals surface area contributed by atoms with Gasteiger partial charge in [0.15, 0.2) is 0 Å². The molecule has 1 rings (SSSR count). The normalized spacial score (nSPS) is 13.6. The Morgan fingerprint density at radius 2 is 1.81 bits per heavy atom. The average Bonchev–Trinajstić information content (AvgIpc) is 2.43. The van der Waals surface area contributed by atoms with Crippen LogP contribution in [0, 0.1) is 12.8 Å². The lowest BCUT2D eigenvalue weighted by Crippen LogP contribution is -2.51. The monoisotopic (exact) mass is 290 g/mol. The van der Waals surface area contributed by atoms with Gasteiger partial charge in [-0.1, -0.05) is 38.5 Å². The minimum atomic E-state index is -0.521. The Morgan fingerprint density at radius 1 is 1.14 bits per heavy atom. The molecule has 2 atom stereocenters. The second-order valence-corrected chi connectivity index (χ2v) is 5.88. The molecule has 0 fully saturated rings. The summed E-state index contributed by atoms with van der Waals surface area (Å²) < 4.78 is 0. The predicted molar refractivity (Wildman–Crippen MR) is 85.2 cm³/mol. The van der Waals surface area contributed by atoms with Gasteiger partial charge in [-0.3, -0.25) is 9.59 Å². The Labute approximate surface area is 127 Å². The lowest BCUT2D eigenvalue weighted by atomic mass is 10.0. The molecule has 1 aromatic rings. The predicted octanol–water partition coefficient (Wildman–Crippen LogP) is 2.66. The number of carbonyl (C=O) groups is 2. The van der Waals surface area contributed by atoms with Crippen molar-refractivity contribution in [2.45, 2.75) is 53.1 Å². The van der Waals surface area contributed by atoms with E-state index < -0.39 is 6.04 Å². The topological polar surface area (TPSA) is 58.2 Å². The van der Waals surface area contributed by atoms with Gasteiger partial charge in [-0.25, -0.2) is 0 Å². The molecule has 0 saturated heterocycles. The molecule has 4 heteroatoms. The lowest BCUT2D eigenvalue weighted by molar-refractivity contribution is -0.124. The third-order valence-electron chi connectivity index (χ3n) is 3.52. The van der Waals surface area contributed by atoms with E-state index in [9.17, 15) is 9.59 Å². The molecule has 0 spiro atoms. The highest BCUT2D eigenvalue weighted by atomic mass is 16.2. The molecule has 0 unspecified atom stereocenters. The van der Waals surface area contributed by atoms with Gasteiger partial charge < -0.3 is 10.6 Å². The van der Waals surface area contributed by atoms with Crippen molar-refractivity contribution in [2.24, 2.45) is 5.92 Å². The third kappa shape index (κ3) is 5.21. The molecule has 0 aromatic heterocycles. The van der Waals surface area contributed by atoms with Crippen LogP contribution in [0.3, 0.4) is 0 Å². The van der Waals surface area contributed by atoms with Crippen molar-refractivity contribution in [1.82, 2.24) is 10.6 Å². The summed E-state index contributed by atoms with van der Waals surface area (Å²) in [4.78, 5) is 24.5. The van der Waals surface area contributed by atoms with Gasteiger partial charge in [0.25, 0.3) is 5.91 Å². The maximum absolute atomic E-state index is 12.3. The van der Waals surface area contributed by atoms with E-state index in [0.29, 0.717) is 5.56 Å². The van der Waals surface area contributed by atoms with Crippen molar-refractivity contribution in [3.05, 3.63) is 35.4 Å². The lowest BCUT2D eigenvalue weighted by Gasteiger charge is -2.23. The SMILES string of the molecule is CC[C@@H](C)NC(=O)[C@H](NC(=O)c1cccc(C)c1)C(C)C. The van der Waals surface area contributed by atoms with Gasteiger partial charge in [0, 0.05) is 11.6 Å². The zero-order chi connectivity index (χ0) is 16.0. The number of rotatable bonds is 6. The van der Waals surface area contributed by atoms with Gasteiger partial charge in [0.2, 0.25) is 5.91 Å². The summed E-state index contributed by atoms with van der Waals surface area (Å²) in [5, 5.41) is 5.76. The zero-order valence-electron chi connectivity index (χ0n) is 13.6. The fourth-order valence-corrected chi connectivity index (χ4v) is 1.98. The Hall–Kier alpha value is -1.84. The van der Waals surface area contributed by atoms with Crippen molar-refractivity contribution >= 4 is 11.8 Å². The van der Waals surface area contributed by atoms with E-state index in [1.165, 1.54) is 0 Å². The molecule has 0 heterocycles. The van der Waals surface area contributed by atoms with Gasteiger partial charge >= 0.3 is 0 Å². The molecular formula is C17H26N2O2. The van der Waals surface area contributed by atoms with Crippen molar-refractivity contribution < 1.29 is 9.59 Å². The number of amides is 2. The minimum absolute atomic E-state index is 0.0304. The fraction of sp³-hybridized carbons (Fsp3) is 0.529. The molecule has 0 aliphatic rings. The number of hydrogen-bond donors (Lipinski definition) is 2. The van der Waals surface area contributed by atoms with E-state index in [1.54, 1.807) is 6.07 Å². The van der Waals surface area contributed by atoms with Crippen LogP contribution in [0.4, 0.5) is 0 Å². The molecule has 21 heavy (non-hydrogen) atoms. The average molecular weight is 290 g/mol. The van der Waals surface area contributed by atoms with Crippen molar-refractivity contribution in [3.8, 4) is 0 Å². The molecule has 0 aliphatic carbocycles. The van der Waals surface area contributed by atoms with Crippen molar-refractivity contribution in [1.29, 1.82) is 0 Å². The van der Waals surface area contributed by atoms with E-state index >= 15 is 0 Å². The highest BCUT2D eigenvalue weighted by Crippen LogP contribution is 2.08. The molecule has 2 amide bonds. The fourth-order valence-electron chi connectivity index (χ4n) is 1.98. The summed E-state index contributed by atoms with van der Waals surface area (Å²) in [5.41, 5.74) is 1.60. The van der Waals surface area contributed by atoms with Gasteiger partial charge in [-0.15, -0.1) is 0 Å². The molecular weight excluding hydrogens is 264 g/mol. The van der Waals surface area contributed by atoms with Gasteiger partial charge in [-0.2, -0.15) is 0 Å². The number of benzene rings is 1. The quantitative estimate of drug-likeness (QED) is 0.846. The van der Waals surface area contributed by atoms with Crippen LogP contribution in [0.5, 0.6) is 0 Å². The number of hydrogen-bond acceptors (Lipinski definition) is 2. The Bertz CT molecular complexity index is 497. The first-order valence-corrected chi connectivity index (χ1v) is 7.53. The summed E-state index contributed by atoms with van der Waals surface area (Å²) in [5.74, 6) is -0.306. The highest BCUT2D eigenvalue weighted by molar-refractivity contribution is 5.97. The molecule has 0 bridgehead atoms. The maximum Gasteiger partial charge on any atom is 0.251 e. The zero-order valence-corrected chi connectivity index (χ0v) is 13.6. The number of aryl methyl sites for hydroxylation is 1.